The number of aromatic nitrogens is 1. The van der Waals surface area contributed by atoms with Crippen molar-refractivity contribution in [1.82, 2.24) is 9.88 Å². The van der Waals surface area contributed by atoms with Crippen molar-refractivity contribution in [2.75, 3.05) is 11.9 Å². The van der Waals surface area contributed by atoms with Gasteiger partial charge in [0.25, 0.3) is 0 Å². The lowest BCUT2D eigenvalue weighted by atomic mass is 9.69. The quantitative estimate of drug-likeness (QED) is 0.686. The zero-order chi connectivity index (χ0) is 17.7. The first kappa shape index (κ1) is 16.5. The Labute approximate surface area is 149 Å². The summed E-state index contributed by atoms with van der Waals surface area (Å²) in [5.41, 5.74) is 1.03. The predicted octanol–water partition coefficient (Wildman–Crippen LogP) is 1.53. The first-order chi connectivity index (χ1) is 12.0. The number of nitrogens with zero attached hydrogens (tertiary/aromatic N) is 2. The second-order valence-corrected chi connectivity index (χ2v) is 7.92. The number of nitrogens with one attached hydrogen (secondary N) is 1. The van der Waals surface area contributed by atoms with Crippen LogP contribution in [-0.2, 0) is 9.59 Å². The van der Waals surface area contributed by atoms with E-state index in [9.17, 15) is 19.8 Å². The topological polar surface area (TPSA) is 103 Å². The SMILES string of the molecule is C[C@@H](O)[C@H]1C(=O)N2C(C(=O)O)=C3C(CCC[C@@H]3CNc3nccs3)[C@H]12. The number of amides is 1. The lowest BCUT2D eigenvalue weighted by Crippen LogP contribution is -2.64. The van der Waals surface area contributed by atoms with Gasteiger partial charge in [-0.05, 0) is 25.3 Å². The highest BCUT2D eigenvalue weighted by atomic mass is 32.1. The van der Waals surface area contributed by atoms with Gasteiger partial charge in [-0.2, -0.15) is 0 Å². The van der Waals surface area contributed by atoms with Gasteiger partial charge in [0.15, 0.2) is 5.13 Å². The Morgan fingerprint density at radius 1 is 1.52 bits per heavy atom. The molecule has 3 N–H and O–H groups in total. The molecular weight excluding hydrogens is 342 g/mol. The first-order valence-corrected chi connectivity index (χ1v) is 9.50. The molecule has 0 radical (unpaired) electrons. The fourth-order valence-corrected chi connectivity index (χ4v) is 5.27. The molecule has 8 heteroatoms. The highest BCUT2D eigenvalue weighted by molar-refractivity contribution is 7.13. The van der Waals surface area contributed by atoms with Crippen LogP contribution >= 0.6 is 11.3 Å². The molecule has 0 bridgehead atoms. The molecule has 134 valence electrons. The molecule has 2 aliphatic heterocycles. The van der Waals surface area contributed by atoms with Crippen molar-refractivity contribution in [1.29, 1.82) is 0 Å². The number of aliphatic hydroxyl groups excluding tert-OH is 1. The minimum Gasteiger partial charge on any atom is -0.477 e. The standard InChI is InChI=1S/C17H21N3O4S/c1-8(21)11-13-10-4-2-3-9(7-19-17-18-5-6-25-17)12(10)14(16(23)24)20(13)15(11)22/h5-6,8-11,13,21H,2-4,7H2,1H3,(H,18,19)(H,23,24)/t8-,9-,10?,11-,13-/m1/s1. The second kappa shape index (κ2) is 6.10. The molecule has 1 saturated heterocycles. The number of anilines is 1. The Kier molecular flexibility index (Phi) is 4.04. The van der Waals surface area contributed by atoms with Gasteiger partial charge in [0.05, 0.1) is 18.1 Å². The number of carboxylic acid groups (broad SMARTS) is 1. The number of carbonyl (C=O) groups is 2. The fourth-order valence-electron chi connectivity index (χ4n) is 4.73. The van der Waals surface area contributed by atoms with Crippen molar-refractivity contribution in [3.05, 3.63) is 22.8 Å². The van der Waals surface area contributed by atoms with E-state index in [0.29, 0.717) is 6.54 Å². The zero-order valence-electron chi connectivity index (χ0n) is 13.9. The number of fused-ring (bicyclic) bond motifs is 3. The number of aliphatic carboxylic acids is 1. The summed E-state index contributed by atoms with van der Waals surface area (Å²) in [5, 5.41) is 25.7. The van der Waals surface area contributed by atoms with Gasteiger partial charge in [-0.15, -0.1) is 11.3 Å². The van der Waals surface area contributed by atoms with Crippen LogP contribution < -0.4 is 5.32 Å². The smallest absolute Gasteiger partial charge is 0.352 e. The minimum absolute atomic E-state index is 0.0419. The van der Waals surface area contributed by atoms with E-state index < -0.39 is 18.0 Å². The summed E-state index contributed by atoms with van der Waals surface area (Å²) in [6.07, 6.45) is 3.74. The first-order valence-electron chi connectivity index (χ1n) is 8.62. The molecular formula is C17H21N3O4S. The summed E-state index contributed by atoms with van der Waals surface area (Å²) in [4.78, 5) is 30.0. The Morgan fingerprint density at radius 3 is 2.96 bits per heavy atom. The lowest BCUT2D eigenvalue weighted by Gasteiger charge is -2.47. The van der Waals surface area contributed by atoms with Gasteiger partial charge in [0.1, 0.15) is 5.70 Å². The van der Waals surface area contributed by atoms with E-state index in [1.807, 2.05) is 5.38 Å². The van der Waals surface area contributed by atoms with Gasteiger partial charge in [0, 0.05) is 30.0 Å². The number of carbonyl (C=O) groups excluding carboxylic acids is 1. The van der Waals surface area contributed by atoms with E-state index in [4.69, 9.17) is 0 Å². The summed E-state index contributed by atoms with van der Waals surface area (Å²) in [6, 6.07) is -0.198. The zero-order valence-corrected chi connectivity index (χ0v) is 14.7. The van der Waals surface area contributed by atoms with Crippen LogP contribution in [0.25, 0.3) is 0 Å². The Morgan fingerprint density at radius 2 is 2.32 bits per heavy atom. The predicted molar refractivity (Wildman–Crippen MR) is 91.9 cm³/mol. The van der Waals surface area contributed by atoms with Gasteiger partial charge in [-0.25, -0.2) is 9.78 Å². The van der Waals surface area contributed by atoms with Crippen LogP contribution in [-0.4, -0.2) is 50.7 Å². The highest BCUT2D eigenvalue weighted by Gasteiger charge is 2.62. The molecule has 3 heterocycles. The van der Waals surface area contributed by atoms with Crippen molar-refractivity contribution in [3.63, 3.8) is 0 Å². The van der Waals surface area contributed by atoms with E-state index in [0.717, 1.165) is 30.0 Å². The largest absolute Gasteiger partial charge is 0.477 e. The van der Waals surface area contributed by atoms with E-state index >= 15 is 0 Å². The summed E-state index contributed by atoms with van der Waals surface area (Å²) >= 11 is 1.51. The van der Waals surface area contributed by atoms with Crippen molar-refractivity contribution in [2.45, 2.75) is 38.3 Å². The number of aliphatic hydroxyl groups is 1. The maximum Gasteiger partial charge on any atom is 0.352 e. The maximum atomic E-state index is 12.4. The third-order valence-corrected chi connectivity index (χ3v) is 6.41. The maximum absolute atomic E-state index is 12.4. The molecule has 3 aliphatic rings. The van der Waals surface area contributed by atoms with Crippen LogP contribution in [0.3, 0.4) is 0 Å². The van der Waals surface area contributed by atoms with Gasteiger partial charge >= 0.3 is 5.97 Å². The molecule has 1 aromatic rings. The Balaban J connectivity index is 1.64. The molecule has 1 aromatic heterocycles. The molecule has 25 heavy (non-hydrogen) atoms. The number of β-lactam (4-membered cyclic amide) rings is 1. The van der Waals surface area contributed by atoms with Gasteiger partial charge in [-0.1, -0.05) is 6.42 Å². The third kappa shape index (κ3) is 2.46. The van der Waals surface area contributed by atoms with Crippen molar-refractivity contribution in [3.8, 4) is 0 Å². The van der Waals surface area contributed by atoms with Crippen LogP contribution in [0.1, 0.15) is 26.2 Å². The molecule has 0 aromatic carbocycles. The summed E-state index contributed by atoms with van der Waals surface area (Å²) in [5.74, 6) is -1.67. The molecule has 7 nitrogen and oxygen atoms in total. The molecule has 5 atom stereocenters. The Bertz CT molecular complexity index is 730. The van der Waals surface area contributed by atoms with Crippen molar-refractivity contribution in [2.24, 2.45) is 17.8 Å². The van der Waals surface area contributed by atoms with Gasteiger partial charge < -0.3 is 20.4 Å². The number of thiazole rings is 1. The van der Waals surface area contributed by atoms with Crippen molar-refractivity contribution >= 4 is 28.3 Å². The molecule has 0 spiro atoms. The lowest BCUT2D eigenvalue weighted by molar-refractivity contribution is -0.163. The van der Waals surface area contributed by atoms with Gasteiger partial charge in [0.2, 0.25) is 5.91 Å². The average molecular weight is 363 g/mol. The van der Waals surface area contributed by atoms with Crippen LogP contribution in [0.5, 0.6) is 0 Å². The monoisotopic (exact) mass is 363 g/mol. The molecule has 1 amide bonds. The number of hydrogen-bond donors (Lipinski definition) is 3. The highest BCUT2D eigenvalue weighted by Crippen LogP contribution is 2.53. The molecule has 4 rings (SSSR count). The van der Waals surface area contributed by atoms with Crippen LogP contribution in [0.4, 0.5) is 5.13 Å². The van der Waals surface area contributed by atoms with Gasteiger partial charge in [-0.3, -0.25) is 4.79 Å². The third-order valence-electron chi connectivity index (χ3n) is 5.68. The van der Waals surface area contributed by atoms with E-state index in [2.05, 4.69) is 10.3 Å². The van der Waals surface area contributed by atoms with Crippen LogP contribution in [0.2, 0.25) is 0 Å². The van der Waals surface area contributed by atoms with Crippen molar-refractivity contribution < 1.29 is 19.8 Å². The summed E-state index contributed by atoms with van der Waals surface area (Å²) in [7, 11) is 0. The molecule has 2 fully saturated rings. The molecule has 1 aliphatic carbocycles. The summed E-state index contributed by atoms with van der Waals surface area (Å²) < 4.78 is 0. The Hall–Kier alpha value is -1.93. The van der Waals surface area contributed by atoms with E-state index in [1.54, 1.807) is 13.1 Å². The van der Waals surface area contributed by atoms with Crippen LogP contribution in [0.15, 0.2) is 22.8 Å². The minimum atomic E-state index is -1.04. The number of hydrogen-bond acceptors (Lipinski definition) is 6. The number of rotatable bonds is 5. The fraction of sp³-hybridized carbons (Fsp3) is 0.588. The van der Waals surface area contributed by atoms with E-state index in [1.165, 1.54) is 16.2 Å². The van der Waals surface area contributed by atoms with Crippen LogP contribution in [0, 0.1) is 17.8 Å². The second-order valence-electron chi connectivity index (χ2n) is 7.03. The molecule has 1 unspecified atom stereocenters. The van der Waals surface area contributed by atoms with E-state index in [-0.39, 0.29) is 29.5 Å². The summed E-state index contributed by atoms with van der Waals surface area (Å²) in [6.45, 7) is 2.23. The average Bonchev–Trinajstić information content (AvgIpc) is 3.17. The normalized spacial score (nSPS) is 32.1. The molecule has 1 saturated carbocycles. The number of carboxylic acids is 1.